The van der Waals surface area contributed by atoms with E-state index in [1.165, 1.54) is 107 Å². The Morgan fingerprint density at radius 2 is 1.09 bits per heavy atom. The summed E-state index contributed by atoms with van der Waals surface area (Å²) in [6.45, 7) is 0.234. The molecule has 0 atom stereocenters. The van der Waals surface area contributed by atoms with Gasteiger partial charge < -0.3 is 28.6 Å². The molecule has 10 rings (SSSR count). The Hall–Kier alpha value is -7.70. The lowest BCUT2D eigenvalue weighted by Gasteiger charge is -2.30. The number of rotatable bonds is 15. The van der Waals surface area contributed by atoms with E-state index in [9.17, 15) is 30.8 Å². The van der Waals surface area contributed by atoms with Crippen LogP contribution in [0.3, 0.4) is 0 Å². The molecular weight excluding hydrogens is 1220 g/mol. The number of pyridine rings is 2. The van der Waals surface area contributed by atoms with E-state index in [1.807, 2.05) is 0 Å². The van der Waals surface area contributed by atoms with Crippen LogP contribution in [-0.4, -0.2) is 109 Å². The maximum absolute atomic E-state index is 15.5. The first-order valence-electron chi connectivity index (χ1n) is 24.1. The number of methoxy groups -OCH3 is 4. The number of hydrogen-bond donors (Lipinski definition) is 3. The Morgan fingerprint density at radius 3 is 1.56 bits per heavy atom. The molecule has 0 saturated heterocycles. The molecule has 0 aliphatic carbocycles. The average molecular weight is 1270 g/mol. The summed E-state index contributed by atoms with van der Waals surface area (Å²) in [4.78, 5) is 25.8. The lowest BCUT2D eigenvalue weighted by atomic mass is 10.0. The van der Waals surface area contributed by atoms with Crippen LogP contribution in [0.25, 0.3) is 22.5 Å². The molecule has 8 aromatic rings. The Labute approximate surface area is 487 Å². The van der Waals surface area contributed by atoms with Crippen LogP contribution in [0.2, 0.25) is 10.0 Å². The Morgan fingerprint density at radius 1 is 0.610 bits per heavy atom. The summed E-state index contributed by atoms with van der Waals surface area (Å²) < 4.78 is 117. The van der Waals surface area contributed by atoms with Crippen molar-refractivity contribution in [2.24, 2.45) is 0 Å². The predicted octanol–water partition coefficient (Wildman–Crippen LogP) is 7.33. The molecule has 2 aliphatic heterocycles. The molecule has 4 aromatic carbocycles. The number of hydrogen-bond acceptors (Lipinski definition) is 16. The highest BCUT2D eigenvalue weighted by Gasteiger charge is 2.32. The van der Waals surface area contributed by atoms with E-state index in [2.05, 4.69) is 45.8 Å². The minimum absolute atomic E-state index is 0.00133. The zero-order valence-electron chi connectivity index (χ0n) is 43.6. The molecule has 2 aliphatic rings. The van der Waals surface area contributed by atoms with Gasteiger partial charge in [0.15, 0.2) is 11.6 Å². The smallest absolute Gasteiger partial charge is 0.537 e. The van der Waals surface area contributed by atoms with Crippen molar-refractivity contribution in [2.45, 2.75) is 25.9 Å². The van der Waals surface area contributed by atoms with Crippen molar-refractivity contribution in [2.75, 3.05) is 51.0 Å². The minimum Gasteiger partial charge on any atom is -0.537 e. The average Bonchev–Trinajstić information content (AvgIpc) is 3.66. The molecule has 30 heteroatoms. The largest absolute Gasteiger partial charge is 0.569 e. The molecule has 0 spiro atoms. The van der Waals surface area contributed by atoms with Gasteiger partial charge in [-0.1, -0.05) is 41.4 Å². The monoisotopic (exact) mass is 1270 g/mol. The van der Waals surface area contributed by atoms with Gasteiger partial charge in [-0.2, -0.15) is 35.6 Å². The summed E-state index contributed by atoms with van der Waals surface area (Å²) >= 11 is 15.0. The molecule has 0 amide bonds. The van der Waals surface area contributed by atoms with Crippen LogP contribution in [0, 0.1) is 11.6 Å². The van der Waals surface area contributed by atoms with Gasteiger partial charge in [0.2, 0.25) is 0 Å². The van der Waals surface area contributed by atoms with Crippen molar-refractivity contribution in [3.05, 3.63) is 191 Å². The number of halogens is 5. The number of nitrogens with zero attached hydrogens (tertiary/aromatic N) is 8. The molecule has 0 fully saturated rings. The Kier molecular flexibility index (Phi) is 19.5. The highest BCUT2D eigenvalue weighted by atomic mass is 79.9. The molecule has 0 saturated carbocycles. The maximum Gasteiger partial charge on any atom is 0.569 e. The lowest BCUT2D eigenvalue weighted by Crippen LogP contribution is -2.41. The van der Waals surface area contributed by atoms with Crippen molar-refractivity contribution in [1.82, 2.24) is 38.1 Å². The van der Waals surface area contributed by atoms with E-state index < -0.39 is 37.6 Å². The van der Waals surface area contributed by atoms with Crippen LogP contribution in [-0.2, 0) is 46.3 Å². The van der Waals surface area contributed by atoms with Gasteiger partial charge in [-0.15, -0.1) is 10.2 Å². The van der Waals surface area contributed by atoms with Gasteiger partial charge >= 0.3 is 28.1 Å². The fourth-order valence-corrected chi connectivity index (χ4v) is 11.7. The zero-order chi connectivity index (χ0) is 58.9. The van der Waals surface area contributed by atoms with Crippen LogP contribution in [0.1, 0.15) is 22.5 Å². The fraction of sp³-hybridized carbons (Fsp3) is 0.192. The van der Waals surface area contributed by atoms with E-state index in [1.54, 1.807) is 60.7 Å². The first-order valence-corrected chi connectivity index (χ1v) is 28.5. The second kappa shape index (κ2) is 26.5. The van der Waals surface area contributed by atoms with Crippen molar-refractivity contribution >= 4 is 78.9 Å². The van der Waals surface area contributed by atoms with Gasteiger partial charge in [0.1, 0.15) is 40.4 Å². The van der Waals surface area contributed by atoms with E-state index in [-0.39, 0.29) is 83.4 Å². The van der Waals surface area contributed by atoms with Gasteiger partial charge in [0.05, 0.1) is 54.3 Å². The first kappa shape index (κ1) is 60.4. The number of ether oxygens (including phenoxy) is 4. The van der Waals surface area contributed by atoms with Gasteiger partial charge in [-0.3, -0.25) is 28.2 Å². The number of anilines is 2. The molecule has 22 nitrogen and oxygen atoms in total. The molecule has 1 radical (unpaired) electrons. The van der Waals surface area contributed by atoms with Crippen molar-refractivity contribution in [3.63, 3.8) is 0 Å². The Bertz CT molecular complexity index is 4000. The van der Waals surface area contributed by atoms with E-state index >= 15 is 4.39 Å². The SMILES string of the molecule is COc1cc(-c2cc(OC)c(-n3c4c(ccc3=O)CN(S(=O)(=O)Nc3cccnn3)CC4)cc2F)ccc1Cl.COc1cc(Br)c(F)cc1-n1c2c(ccc1=O)CN(S(=O)(=O)Nc1cccnn1)CC2.COc1cc(O[B]O)ccc1Cl. The summed E-state index contributed by atoms with van der Waals surface area (Å²) in [5.74, 6) is 0.993. The number of aromatic nitrogens is 6. The van der Waals surface area contributed by atoms with Crippen molar-refractivity contribution in [1.29, 1.82) is 0 Å². The molecule has 0 unspecified atom stereocenters. The van der Waals surface area contributed by atoms with Crippen LogP contribution in [0.5, 0.6) is 28.7 Å². The number of nitrogens with one attached hydrogen (secondary N) is 2. The van der Waals surface area contributed by atoms with E-state index in [0.717, 1.165) is 0 Å². The van der Waals surface area contributed by atoms with E-state index in [0.29, 0.717) is 68.8 Å². The van der Waals surface area contributed by atoms with Crippen molar-refractivity contribution in [3.8, 4) is 51.2 Å². The quantitative estimate of drug-likeness (QED) is 0.0849. The second-order valence-electron chi connectivity index (χ2n) is 17.4. The molecule has 82 heavy (non-hydrogen) atoms. The van der Waals surface area contributed by atoms with Crippen LogP contribution >= 0.6 is 39.1 Å². The fourth-order valence-electron chi connectivity index (χ4n) is 8.67. The van der Waals surface area contributed by atoms with Gasteiger partial charge in [0, 0.05) is 98.7 Å². The third-order valence-corrected chi connectivity index (χ3v) is 16.7. The molecular formula is C52H47BBrCl2F2N10O12S2. The molecule has 0 bridgehead atoms. The maximum atomic E-state index is 15.5. The summed E-state index contributed by atoms with van der Waals surface area (Å²) in [7, 11) is -1.40. The predicted molar refractivity (Wildman–Crippen MR) is 306 cm³/mol. The topological polar surface area (TPSA) is 261 Å². The molecule has 3 N–H and O–H groups in total. The highest BCUT2D eigenvalue weighted by Crippen LogP contribution is 2.38. The van der Waals surface area contributed by atoms with Crippen LogP contribution in [0.4, 0.5) is 20.4 Å². The second-order valence-corrected chi connectivity index (χ2v) is 22.4. The minimum atomic E-state index is -3.94. The molecule has 6 heterocycles. The van der Waals surface area contributed by atoms with Crippen LogP contribution in [0.15, 0.2) is 136 Å². The third-order valence-electron chi connectivity index (χ3n) is 12.5. The zero-order valence-corrected chi connectivity index (χ0v) is 48.3. The van der Waals surface area contributed by atoms with Gasteiger partial charge in [-0.05, 0) is 93.3 Å². The summed E-state index contributed by atoms with van der Waals surface area (Å²) in [5, 5.41) is 24.1. The third kappa shape index (κ3) is 13.8. The molecule has 427 valence electrons. The first-order chi connectivity index (χ1) is 39.3. The number of benzene rings is 4. The normalized spacial score (nSPS) is 13.1. The summed E-state index contributed by atoms with van der Waals surface area (Å²) in [6, 6.07) is 27.0. The summed E-state index contributed by atoms with van der Waals surface area (Å²) in [5.41, 5.74) is 2.81. The van der Waals surface area contributed by atoms with Gasteiger partial charge in [-0.25, -0.2) is 8.78 Å². The lowest BCUT2D eigenvalue weighted by molar-refractivity contribution is 0.385. The van der Waals surface area contributed by atoms with Crippen molar-refractivity contribution < 1.29 is 54.2 Å². The highest BCUT2D eigenvalue weighted by molar-refractivity contribution is 9.10. The number of fused-ring (bicyclic) bond motifs is 2. The van der Waals surface area contributed by atoms with Gasteiger partial charge in [0.25, 0.3) is 11.1 Å². The molecule has 4 aromatic heterocycles. The van der Waals surface area contributed by atoms with Crippen LogP contribution < -0.4 is 44.2 Å². The Balaban J connectivity index is 0.000000182. The summed E-state index contributed by atoms with van der Waals surface area (Å²) in [6.07, 6.45) is 3.32. The van der Waals surface area contributed by atoms with E-state index in [4.69, 9.17) is 51.8 Å². The standard InChI is InChI=1S/C26H23ClFN5O5S.C19H17BrFN5O4S.C7H7BClO3/c1-37-23-12-16(5-7-19(23)27)18-13-24(38-2)22(14-20(18)28)33-21-9-11-32(15-17(21)6-8-26(33)34)39(35,36)31-25-4-3-10-29-30-25;1-30-17-9-13(20)14(21)10-16(17)26-15-6-8-25(11-12(15)4-5-19(26)27)31(28,29)24-18-3-2-7-22-23-18;1-11-7-4-5(12-8-10)2-3-6(7)9/h3-8,10,12-14H,9,11,15H2,1-2H3,(H,30,31);2-5,7,9-10H,6,8,11H2,1H3,(H,23,24);2-4,10H,1H3.